The van der Waals surface area contributed by atoms with Crippen LogP contribution in [0, 0.1) is 11.6 Å². The topological polar surface area (TPSA) is 82.2 Å². The van der Waals surface area contributed by atoms with Crippen molar-refractivity contribution in [1.82, 2.24) is 20.0 Å². The van der Waals surface area contributed by atoms with Crippen LogP contribution in [-0.2, 0) is 9.53 Å². The Morgan fingerprint density at radius 1 is 1.05 bits per heavy atom. The molecule has 1 unspecified atom stereocenters. The first kappa shape index (κ1) is 26.3. The van der Waals surface area contributed by atoms with Crippen LogP contribution < -0.4 is 5.32 Å². The van der Waals surface area contributed by atoms with Gasteiger partial charge in [-0.15, -0.1) is 0 Å². The van der Waals surface area contributed by atoms with Gasteiger partial charge >= 0.3 is 12.0 Å². The Kier molecular flexibility index (Phi) is 8.17. The lowest BCUT2D eigenvalue weighted by Crippen LogP contribution is -2.49. The van der Waals surface area contributed by atoms with Gasteiger partial charge in [0.2, 0.25) is 0 Å². The minimum absolute atomic E-state index is 0.0323. The number of carbonyl (C=O) groups excluding carboxylic acids is 3. The Hall–Kier alpha value is -3.79. The fourth-order valence-corrected chi connectivity index (χ4v) is 4.68. The standard InChI is InChI=1S/C27H30F2N4O4/c1-3-37-26(35)23-22(31(2)27(36)30-24(23)18-8-6-9-19(28)16-18)17-32-12-7-13-33(15-14-32)25(34)20-10-4-5-11-21(20)29/h4-6,8-11,16,24H,3,7,12-15,17H2,1-2H3,(H,30,36). The van der Waals surface area contributed by atoms with Gasteiger partial charge in [-0.3, -0.25) is 14.6 Å². The van der Waals surface area contributed by atoms with Crippen molar-refractivity contribution in [3.8, 4) is 0 Å². The van der Waals surface area contributed by atoms with E-state index in [1.807, 2.05) is 4.90 Å². The summed E-state index contributed by atoms with van der Waals surface area (Å²) in [6.45, 7) is 3.94. The van der Waals surface area contributed by atoms with E-state index in [1.165, 1.54) is 35.2 Å². The molecule has 0 bridgehead atoms. The van der Waals surface area contributed by atoms with Crippen LogP contribution in [0.1, 0.15) is 35.3 Å². The summed E-state index contributed by atoms with van der Waals surface area (Å²) in [6, 6.07) is 10.3. The number of nitrogens with one attached hydrogen (secondary N) is 1. The third-order valence-corrected chi connectivity index (χ3v) is 6.61. The monoisotopic (exact) mass is 512 g/mol. The van der Waals surface area contributed by atoms with Crippen LogP contribution in [-0.4, -0.2) is 79.0 Å². The second-order valence-electron chi connectivity index (χ2n) is 8.98. The summed E-state index contributed by atoms with van der Waals surface area (Å²) in [5.74, 6) is -2.00. The van der Waals surface area contributed by atoms with Gasteiger partial charge in [-0.1, -0.05) is 24.3 Å². The quantitative estimate of drug-likeness (QED) is 0.601. The van der Waals surface area contributed by atoms with E-state index < -0.39 is 29.7 Å². The molecule has 0 spiro atoms. The molecular formula is C27H30F2N4O4. The first-order chi connectivity index (χ1) is 17.8. The number of urea groups is 1. The highest BCUT2D eigenvalue weighted by Gasteiger charge is 2.37. The van der Waals surface area contributed by atoms with E-state index in [0.717, 1.165) is 0 Å². The van der Waals surface area contributed by atoms with Crippen LogP contribution in [0.5, 0.6) is 0 Å². The molecule has 2 heterocycles. The highest BCUT2D eigenvalue weighted by Crippen LogP contribution is 2.32. The summed E-state index contributed by atoms with van der Waals surface area (Å²) in [7, 11) is 1.57. The minimum Gasteiger partial charge on any atom is -0.463 e. The van der Waals surface area contributed by atoms with Crippen LogP contribution in [0.3, 0.4) is 0 Å². The normalized spacial score (nSPS) is 18.9. The van der Waals surface area contributed by atoms with E-state index in [9.17, 15) is 23.2 Å². The van der Waals surface area contributed by atoms with Crippen LogP contribution in [0.25, 0.3) is 0 Å². The molecular weight excluding hydrogens is 482 g/mol. The number of ether oxygens (including phenoxy) is 1. The second-order valence-corrected chi connectivity index (χ2v) is 8.98. The average molecular weight is 513 g/mol. The van der Waals surface area contributed by atoms with E-state index in [4.69, 9.17) is 4.74 Å². The maximum absolute atomic E-state index is 14.2. The molecule has 1 atom stereocenters. The zero-order valence-corrected chi connectivity index (χ0v) is 20.9. The highest BCUT2D eigenvalue weighted by molar-refractivity contribution is 5.95. The molecule has 196 valence electrons. The van der Waals surface area contributed by atoms with Crippen molar-refractivity contribution < 1.29 is 27.9 Å². The lowest BCUT2D eigenvalue weighted by molar-refractivity contribution is -0.139. The van der Waals surface area contributed by atoms with Gasteiger partial charge in [0.05, 0.1) is 23.8 Å². The third kappa shape index (κ3) is 5.80. The molecule has 2 aliphatic heterocycles. The molecule has 1 N–H and O–H groups in total. The Balaban J connectivity index is 1.60. The van der Waals surface area contributed by atoms with Crippen molar-refractivity contribution in [1.29, 1.82) is 0 Å². The van der Waals surface area contributed by atoms with Gasteiger partial charge in [-0.05, 0) is 43.2 Å². The van der Waals surface area contributed by atoms with Crippen LogP contribution in [0.4, 0.5) is 13.6 Å². The largest absolute Gasteiger partial charge is 0.463 e. The predicted octanol–water partition coefficient (Wildman–Crippen LogP) is 3.33. The van der Waals surface area contributed by atoms with E-state index in [0.29, 0.717) is 43.9 Å². The molecule has 0 radical (unpaired) electrons. The number of rotatable bonds is 6. The number of likely N-dealkylation sites (N-methyl/N-ethyl adjacent to an activating group) is 1. The summed E-state index contributed by atoms with van der Waals surface area (Å²) in [5, 5.41) is 2.78. The lowest BCUT2D eigenvalue weighted by atomic mass is 9.94. The summed E-state index contributed by atoms with van der Waals surface area (Å²) in [4.78, 5) is 43.9. The Labute approximate surface area is 214 Å². The third-order valence-electron chi connectivity index (χ3n) is 6.61. The van der Waals surface area contributed by atoms with Crippen LogP contribution >= 0.6 is 0 Å². The fraction of sp³-hybridized carbons (Fsp3) is 0.370. The number of esters is 1. The molecule has 2 aliphatic rings. The van der Waals surface area contributed by atoms with Crippen LogP contribution in [0.2, 0.25) is 0 Å². The Morgan fingerprint density at radius 2 is 1.84 bits per heavy atom. The predicted molar refractivity (Wildman–Crippen MR) is 132 cm³/mol. The lowest BCUT2D eigenvalue weighted by Gasteiger charge is -2.36. The first-order valence-corrected chi connectivity index (χ1v) is 12.3. The van der Waals surface area contributed by atoms with Crippen molar-refractivity contribution in [3.63, 3.8) is 0 Å². The number of hydrogen-bond donors (Lipinski definition) is 1. The second kappa shape index (κ2) is 11.5. The molecule has 0 aliphatic carbocycles. The van der Waals surface area contributed by atoms with Crippen molar-refractivity contribution in [2.24, 2.45) is 0 Å². The van der Waals surface area contributed by atoms with Gasteiger partial charge in [-0.25, -0.2) is 18.4 Å². The summed E-state index contributed by atoms with van der Waals surface area (Å²) >= 11 is 0. The molecule has 10 heteroatoms. The van der Waals surface area contributed by atoms with E-state index in [-0.39, 0.29) is 30.2 Å². The molecule has 4 rings (SSSR count). The van der Waals surface area contributed by atoms with Crippen molar-refractivity contribution in [3.05, 3.63) is 82.6 Å². The number of amides is 3. The van der Waals surface area contributed by atoms with E-state index in [1.54, 1.807) is 37.1 Å². The number of nitrogens with zero attached hydrogens (tertiary/aromatic N) is 3. The van der Waals surface area contributed by atoms with Crippen molar-refractivity contribution in [2.45, 2.75) is 19.4 Å². The average Bonchev–Trinajstić information content (AvgIpc) is 3.12. The Bertz CT molecular complexity index is 1220. The zero-order valence-electron chi connectivity index (χ0n) is 20.9. The van der Waals surface area contributed by atoms with Crippen molar-refractivity contribution >= 4 is 17.9 Å². The highest BCUT2D eigenvalue weighted by atomic mass is 19.1. The van der Waals surface area contributed by atoms with Gasteiger partial charge in [0, 0.05) is 45.5 Å². The number of carbonyl (C=O) groups is 3. The molecule has 2 aromatic rings. The minimum atomic E-state index is -0.875. The molecule has 1 saturated heterocycles. The zero-order chi connectivity index (χ0) is 26.5. The molecule has 3 amide bonds. The van der Waals surface area contributed by atoms with Gasteiger partial charge in [0.15, 0.2) is 0 Å². The molecule has 8 nitrogen and oxygen atoms in total. The fourth-order valence-electron chi connectivity index (χ4n) is 4.68. The summed E-state index contributed by atoms with van der Waals surface area (Å²) in [6.07, 6.45) is 0.630. The number of halogens is 2. The maximum Gasteiger partial charge on any atom is 0.338 e. The van der Waals surface area contributed by atoms with Crippen molar-refractivity contribution in [2.75, 3.05) is 46.4 Å². The first-order valence-electron chi connectivity index (χ1n) is 12.3. The smallest absolute Gasteiger partial charge is 0.338 e. The SMILES string of the molecule is CCOC(=O)C1=C(CN2CCCN(C(=O)c3ccccc3F)CC2)N(C)C(=O)NC1c1cccc(F)c1. The molecule has 2 aromatic carbocycles. The maximum atomic E-state index is 14.2. The summed E-state index contributed by atoms with van der Waals surface area (Å²) in [5.41, 5.74) is 1.15. The molecule has 1 fully saturated rings. The van der Waals surface area contributed by atoms with E-state index in [2.05, 4.69) is 5.32 Å². The molecule has 0 saturated carbocycles. The molecule has 37 heavy (non-hydrogen) atoms. The van der Waals surface area contributed by atoms with Crippen LogP contribution in [0.15, 0.2) is 59.8 Å². The number of hydrogen-bond acceptors (Lipinski definition) is 5. The van der Waals surface area contributed by atoms with Gasteiger partial charge < -0.3 is 15.0 Å². The Morgan fingerprint density at radius 3 is 2.57 bits per heavy atom. The van der Waals surface area contributed by atoms with E-state index >= 15 is 0 Å². The number of benzene rings is 2. The summed E-state index contributed by atoms with van der Waals surface area (Å²) < 4.78 is 33.5. The van der Waals surface area contributed by atoms with Gasteiger partial charge in [0.25, 0.3) is 5.91 Å². The van der Waals surface area contributed by atoms with Gasteiger partial charge in [-0.2, -0.15) is 0 Å². The van der Waals surface area contributed by atoms with Gasteiger partial charge in [0.1, 0.15) is 11.6 Å². The molecule has 0 aromatic heterocycles.